The van der Waals surface area contributed by atoms with Crippen molar-refractivity contribution in [2.24, 2.45) is 4.99 Å². The minimum Gasteiger partial charge on any atom is -0.444 e. The molecule has 5 heteroatoms. The highest BCUT2D eigenvalue weighted by Crippen LogP contribution is 2.05. The van der Waals surface area contributed by atoms with Crippen LogP contribution in [0.25, 0.3) is 0 Å². The number of carbonyl (C=O) groups is 1. The molecular formula is C8H14N2O2S. The second-order valence-corrected chi connectivity index (χ2v) is 3.58. The van der Waals surface area contributed by atoms with Crippen LogP contribution in [0.4, 0.5) is 4.79 Å². The van der Waals surface area contributed by atoms with Gasteiger partial charge in [0.2, 0.25) is 0 Å². The first kappa shape index (κ1) is 12.1. The van der Waals surface area contributed by atoms with Crippen molar-refractivity contribution in [2.45, 2.75) is 26.4 Å². The van der Waals surface area contributed by atoms with E-state index in [9.17, 15) is 4.79 Å². The molecule has 0 atom stereocenters. The Labute approximate surface area is 83.4 Å². The largest absolute Gasteiger partial charge is 0.444 e. The monoisotopic (exact) mass is 202 g/mol. The summed E-state index contributed by atoms with van der Waals surface area (Å²) in [6, 6.07) is 0. The van der Waals surface area contributed by atoms with Crippen LogP contribution < -0.4 is 5.32 Å². The molecule has 0 radical (unpaired) electrons. The Hall–Kier alpha value is -0.930. The lowest BCUT2D eigenvalue weighted by molar-refractivity contribution is 0.0529. The van der Waals surface area contributed by atoms with Crippen LogP contribution in [0.3, 0.4) is 0 Å². The molecule has 0 unspecified atom stereocenters. The van der Waals surface area contributed by atoms with Crippen molar-refractivity contribution in [3.05, 3.63) is 0 Å². The van der Waals surface area contributed by atoms with Crippen molar-refractivity contribution in [3.63, 3.8) is 0 Å². The van der Waals surface area contributed by atoms with Crippen LogP contribution in [0.1, 0.15) is 20.8 Å². The van der Waals surface area contributed by atoms with Gasteiger partial charge in [0.1, 0.15) is 5.60 Å². The molecule has 13 heavy (non-hydrogen) atoms. The zero-order valence-electron chi connectivity index (χ0n) is 8.09. The Morgan fingerprint density at radius 2 is 2.23 bits per heavy atom. The molecule has 1 N–H and O–H groups in total. The molecular weight excluding hydrogens is 188 g/mol. The van der Waals surface area contributed by atoms with Gasteiger partial charge in [0.05, 0.1) is 11.7 Å². The summed E-state index contributed by atoms with van der Waals surface area (Å²) in [5, 5.41) is 4.74. The fourth-order valence-electron chi connectivity index (χ4n) is 0.574. The first-order valence-corrected chi connectivity index (χ1v) is 4.37. The van der Waals surface area contributed by atoms with E-state index in [0.717, 1.165) is 0 Å². The number of isothiocyanates is 1. The fraction of sp³-hybridized carbons (Fsp3) is 0.750. The van der Waals surface area contributed by atoms with Crippen LogP contribution in [0.2, 0.25) is 0 Å². The third-order valence-corrected chi connectivity index (χ3v) is 1.09. The normalized spacial score (nSPS) is 10.1. The van der Waals surface area contributed by atoms with Crippen LogP contribution in [0.5, 0.6) is 0 Å². The van der Waals surface area contributed by atoms with Crippen molar-refractivity contribution in [2.75, 3.05) is 13.1 Å². The van der Waals surface area contributed by atoms with E-state index >= 15 is 0 Å². The van der Waals surface area contributed by atoms with Gasteiger partial charge in [0.25, 0.3) is 0 Å². The van der Waals surface area contributed by atoms with E-state index in [1.54, 1.807) is 0 Å². The van der Waals surface area contributed by atoms with E-state index < -0.39 is 11.7 Å². The van der Waals surface area contributed by atoms with Crippen LogP contribution in [-0.4, -0.2) is 29.9 Å². The predicted molar refractivity (Wildman–Crippen MR) is 54.1 cm³/mol. The molecule has 0 aliphatic carbocycles. The maximum absolute atomic E-state index is 11.0. The number of nitrogens with zero attached hydrogens (tertiary/aromatic N) is 1. The van der Waals surface area contributed by atoms with Gasteiger partial charge in [-0.25, -0.2) is 9.79 Å². The number of aliphatic imine (C=N–C) groups is 1. The number of thiocarbonyl (C=S) groups is 1. The molecule has 0 aromatic rings. The lowest BCUT2D eigenvalue weighted by Crippen LogP contribution is -2.33. The summed E-state index contributed by atoms with van der Waals surface area (Å²) < 4.78 is 4.98. The Kier molecular flexibility index (Phi) is 5.26. The highest BCUT2D eigenvalue weighted by molar-refractivity contribution is 7.78. The summed E-state index contributed by atoms with van der Waals surface area (Å²) in [4.78, 5) is 14.6. The van der Waals surface area contributed by atoms with Gasteiger partial charge in [-0.2, -0.15) is 0 Å². The number of nitrogens with one attached hydrogen (secondary N) is 1. The molecule has 0 rings (SSSR count). The minimum atomic E-state index is -0.461. The lowest BCUT2D eigenvalue weighted by atomic mass is 10.2. The summed E-state index contributed by atoms with van der Waals surface area (Å²) >= 11 is 4.36. The van der Waals surface area contributed by atoms with Crippen molar-refractivity contribution >= 4 is 23.5 Å². The highest BCUT2D eigenvalue weighted by atomic mass is 32.1. The van der Waals surface area contributed by atoms with Crippen molar-refractivity contribution in [3.8, 4) is 0 Å². The predicted octanol–water partition coefficient (Wildman–Crippen LogP) is 1.61. The number of alkyl carbamates (subject to hydrolysis) is 1. The van der Waals surface area contributed by atoms with Crippen LogP contribution in [0, 0.1) is 0 Å². The highest BCUT2D eigenvalue weighted by Gasteiger charge is 2.15. The van der Waals surface area contributed by atoms with E-state index in [1.807, 2.05) is 20.8 Å². The standard InChI is InChI=1S/C8H14N2O2S/c1-8(2,3)12-7(11)10-5-4-9-6-13/h4-5H2,1-3H3,(H,10,11). The molecule has 0 spiro atoms. The number of hydrogen-bond donors (Lipinski definition) is 1. The molecule has 0 aromatic heterocycles. The number of amides is 1. The first-order chi connectivity index (χ1) is 5.95. The fourth-order valence-corrected chi connectivity index (χ4v) is 0.665. The number of hydrogen-bond acceptors (Lipinski definition) is 4. The zero-order chi connectivity index (χ0) is 10.3. The lowest BCUT2D eigenvalue weighted by Gasteiger charge is -2.19. The Bertz CT molecular complexity index is 217. The van der Waals surface area contributed by atoms with Gasteiger partial charge in [-0.1, -0.05) is 0 Å². The van der Waals surface area contributed by atoms with Crippen molar-refractivity contribution < 1.29 is 9.53 Å². The Morgan fingerprint density at radius 1 is 1.62 bits per heavy atom. The number of carbonyl (C=O) groups excluding carboxylic acids is 1. The van der Waals surface area contributed by atoms with Gasteiger partial charge in [-0.05, 0) is 33.0 Å². The summed E-state index contributed by atoms with van der Waals surface area (Å²) in [6.07, 6.45) is -0.438. The summed E-state index contributed by atoms with van der Waals surface area (Å²) in [5.41, 5.74) is -0.461. The molecule has 0 saturated carbocycles. The summed E-state index contributed by atoms with van der Waals surface area (Å²) in [7, 11) is 0. The molecule has 4 nitrogen and oxygen atoms in total. The molecule has 0 fully saturated rings. The molecule has 0 bridgehead atoms. The van der Waals surface area contributed by atoms with Crippen LogP contribution >= 0.6 is 12.2 Å². The molecule has 0 aliphatic rings. The van der Waals surface area contributed by atoms with Gasteiger partial charge in [-0.15, -0.1) is 0 Å². The van der Waals surface area contributed by atoms with Gasteiger partial charge >= 0.3 is 6.09 Å². The molecule has 0 saturated heterocycles. The second kappa shape index (κ2) is 5.67. The summed E-state index contributed by atoms with van der Waals surface area (Å²) in [5.74, 6) is 0. The minimum absolute atomic E-state index is 0.415. The van der Waals surface area contributed by atoms with E-state index in [4.69, 9.17) is 4.74 Å². The third kappa shape index (κ3) is 8.98. The molecule has 0 heterocycles. The van der Waals surface area contributed by atoms with Gasteiger partial charge in [0.15, 0.2) is 0 Å². The van der Waals surface area contributed by atoms with E-state index in [-0.39, 0.29) is 0 Å². The molecule has 1 amide bonds. The van der Waals surface area contributed by atoms with Crippen LogP contribution in [0.15, 0.2) is 4.99 Å². The maximum atomic E-state index is 11.0. The average molecular weight is 202 g/mol. The quantitative estimate of drug-likeness (QED) is 0.430. The maximum Gasteiger partial charge on any atom is 0.407 e. The first-order valence-electron chi connectivity index (χ1n) is 3.96. The van der Waals surface area contributed by atoms with Crippen LogP contribution in [-0.2, 0) is 4.74 Å². The van der Waals surface area contributed by atoms with E-state index in [2.05, 4.69) is 27.7 Å². The van der Waals surface area contributed by atoms with Gasteiger partial charge in [-0.3, -0.25) is 0 Å². The molecule has 74 valence electrons. The number of ether oxygens (including phenoxy) is 1. The van der Waals surface area contributed by atoms with Gasteiger partial charge < -0.3 is 10.1 Å². The van der Waals surface area contributed by atoms with Crippen molar-refractivity contribution in [1.29, 1.82) is 0 Å². The van der Waals surface area contributed by atoms with Crippen molar-refractivity contribution in [1.82, 2.24) is 5.32 Å². The third-order valence-electron chi connectivity index (χ3n) is 0.956. The van der Waals surface area contributed by atoms with E-state index in [1.165, 1.54) is 0 Å². The molecule has 0 aromatic carbocycles. The van der Waals surface area contributed by atoms with Gasteiger partial charge in [0, 0.05) is 6.54 Å². The SMILES string of the molecule is CC(C)(C)OC(=O)NCCN=C=S. The number of rotatable bonds is 3. The smallest absolute Gasteiger partial charge is 0.407 e. The average Bonchev–Trinajstić information content (AvgIpc) is 1.94. The van der Waals surface area contributed by atoms with E-state index in [0.29, 0.717) is 13.1 Å². The zero-order valence-corrected chi connectivity index (χ0v) is 8.90. The Balaban J connectivity index is 3.58. The molecule has 0 aliphatic heterocycles. The summed E-state index contributed by atoms with van der Waals surface area (Å²) in [6.45, 7) is 6.27. The Morgan fingerprint density at radius 3 is 2.69 bits per heavy atom. The topological polar surface area (TPSA) is 50.7 Å². The second-order valence-electron chi connectivity index (χ2n) is 3.40.